The second kappa shape index (κ2) is 10.4. The molecule has 162 valence electrons. The Labute approximate surface area is 180 Å². The Kier molecular flexibility index (Phi) is 7.37. The molecule has 0 unspecified atom stereocenters. The summed E-state index contributed by atoms with van der Waals surface area (Å²) in [4.78, 5) is 25.5. The highest BCUT2D eigenvalue weighted by molar-refractivity contribution is 6.05. The zero-order valence-corrected chi connectivity index (χ0v) is 17.9. The van der Waals surface area contributed by atoms with Gasteiger partial charge < -0.3 is 9.47 Å². The highest BCUT2D eigenvalue weighted by Crippen LogP contribution is 2.27. The van der Waals surface area contributed by atoms with Crippen molar-refractivity contribution in [3.05, 3.63) is 64.1 Å². The van der Waals surface area contributed by atoms with Crippen LogP contribution in [0, 0.1) is 0 Å². The molecular formula is C23H26N4O4. The van der Waals surface area contributed by atoms with Crippen LogP contribution in [0.25, 0.3) is 10.8 Å². The number of hydrogen-bond acceptors (Lipinski definition) is 6. The number of ether oxygens (including phenoxy) is 2. The fourth-order valence-corrected chi connectivity index (χ4v) is 3.12. The minimum atomic E-state index is -0.490. The number of carbonyl (C=O) groups excluding carboxylic acids is 1. The first kappa shape index (κ1) is 22.0. The molecule has 1 amide bonds. The zero-order chi connectivity index (χ0) is 22.2. The van der Waals surface area contributed by atoms with E-state index in [0.717, 1.165) is 18.4 Å². The largest absolute Gasteiger partial charge is 0.493 e. The molecular weight excluding hydrogens is 396 g/mol. The van der Waals surface area contributed by atoms with E-state index in [1.54, 1.807) is 49.6 Å². The van der Waals surface area contributed by atoms with Crippen LogP contribution < -0.4 is 20.5 Å². The molecule has 0 spiro atoms. The first-order chi connectivity index (χ1) is 15.1. The van der Waals surface area contributed by atoms with Crippen LogP contribution in [0.3, 0.4) is 0 Å². The van der Waals surface area contributed by atoms with E-state index in [2.05, 4.69) is 15.6 Å². The van der Waals surface area contributed by atoms with E-state index in [-0.39, 0.29) is 11.3 Å². The van der Waals surface area contributed by atoms with Crippen molar-refractivity contribution in [1.29, 1.82) is 0 Å². The number of nitrogens with zero attached hydrogens (tertiary/aromatic N) is 3. The molecule has 0 radical (unpaired) electrons. The lowest BCUT2D eigenvalue weighted by molar-refractivity contribution is 0.0949. The monoisotopic (exact) mass is 422 g/mol. The van der Waals surface area contributed by atoms with Crippen LogP contribution in [0.5, 0.6) is 11.5 Å². The van der Waals surface area contributed by atoms with Gasteiger partial charge in [-0.05, 0) is 43.2 Å². The summed E-state index contributed by atoms with van der Waals surface area (Å²) in [5.41, 5.74) is 3.19. The van der Waals surface area contributed by atoms with Crippen LogP contribution >= 0.6 is 0 Å². The second-order valence-electron chi connectivity index (χ2n) is 6.82. The molecule has 0 aliphatic rings. The summed E-state index contributed by atoms with van der Waals surface area (Å²) in [6.07, 6.45) is 3.22. The van der Waals surface area contributed by atoms with Crippen molar-refractivity contribution in [2.45, 2.75) is 33.2 Å². The maximum Gasteiger partial charge on any atom is 0.292 e. The molecule has 0 aliphatic heterocycles. The maximum atomic E-state index is 12.8. The third-order valence-corrected chi connectivity index (χ3v) is 4.67. The number of aryl methyl sites for hydroxylation is 1. The minimum absolute atomic E-state index is 0.160. The van der Waals surface area contributed by atoms with Crippen LogP contribution in [0.4, 0.5) is 0 Å². The number of unbranched alkanes of at least 4 members (excludes halogenated alkanes) is 1. The summed E-state index contributed by atoms with van der Waals surface area (Å²) >= 11 is 0. The lowest BCUT2D eigenvalue weighted by Gasteiger charge is -2.10. The van der Waals surface area contributed by atoms with Gasteiger partial charge in [0, 0.05) is 11.9 Å². The number of hydrazone groups is 1. The van der Waals surface area contributed by atoms with Crippen LogP contribution in [-0.2, 0) is 6.54 Å². The number of hydrogen-bond donors (Lipinski definition) is 1. The first-order valence-electron chi connectivity index (χ1n) is 10.2. The molecule has 8 heteroatoms. The summed E-state index contributed by atoms with van der Waals surface area (Å²) < 4.78 is 12.2. The number of nitrogens with one attached hydrogen (secondary N) is 1. The standard InChI is InChI=1S/C23H26N4O4/c1-4-6-13-27-23(29)18-10-8-7-9-17(18)21(26-27)22(28)25-24-15-16-11-12-19(30-3)20(14-16)31-5-2/h7-12,14-15H,4-6,13H2,1-3H3,(H,25,28)/b24-15-. The van der Waals surface area contributed by atoms with Crippen LogP contribution in [0.15, 0.2) is 52.4 Å². The van der Waals surface area contributed by atoms with Crippen molar-refractivity contribution in [1.82, 2.24) is 15.2 Å². The Morgan fingerprint density at radius 1 is 1.16 bits per heavy atom. The Bertz CT molecular complexity index is 1150. The number of rotatable bonds is 9. The molecule has 0 fully saturated rings. The van der Waals surface area contributed by atoms with Crippen LogP contribution in [-0.4, -0.2) is 35.6 Å². The SMILES string of the molecule is CCCCn1nc(C(=O)N/N=C\c2ccc(OC)c(OCC)c2)c2ccccc2c1=O. The molecule has 0 bridgehead atoms. The third kappa shape index (κ3) is 5.09. The van der Waals surface area contributed by atoms with Crippen LogP contribution in [0.2, 0.25) is 0 Å². The zero-order valence-electron chi connectivity index (χ0n) is 17.9. The van der Waals surface area contributed by atoms with E-state index < -0.39 is 5.91 Å². The lowest BCUT2D eigenvalue weighted by atomic mass is 10.1. The number of aromatic nitrogens is 2. The molecule has 3 rings (SSSR count). The second-order valence-corrected chi connectivity index (χ2v) is 6.82. The van der Waals surface area contributed by atoms with Gasteiger partial charge in [-0.1, -0.05) is 31.5 Å². The molecule has 3 aromatic rings. The summed E-state index contributed by atoms with van der Waals surface area (Å²) in [5.74, 6) is 0.722. The molecule has 0 atom stereocenters. The number of benzene rings is 2. The van der Waals surface area contributed by atoms with Crippen molar-refractivity contribution < 1.29 is 14.3 Å². The Balaban J connectivity index is 1.86. The van der Waals surface area contributed by atoms with Gasteiger partial charge in [-0.3, -0.25) is 9.59 Å². The molecule has 1 heterocycles. The molecule has 1 N–H and O–H groups in total. The molecule has 1 aromatic heterocycles. The summed E-state index contributed by atoms with van der Waals surface area (Å²) in [5, 5.41) is 9.31. The summed E-state index contributed by atoms with van der Waals surface area (Å²) in [6.45, 7) is 4.87. The quantitative estimate of drug-likeness (QED) is 0.421. The highest BCUT2D eigenvalue weighted by Gasteiger charge is 2.16. The first-order valence-corrected chi connectivity index (χ1v) is 10.2. The van der Waals surface area contributed by atoms with Crippen molar-refractivity contribution in [3.63, 3.8) is 0 Å². The van der Waals surface area contributed by atoms with Crippen molar-refractivity contribution >= 4 is 22.9 Å². The molecule has 0 aliphatic carbocycles. The van der Waals surface area contributed by atoms with E-state index in [9.17, 15) is 9.59 Å². The van der Waals surface area contributed by atoms with Gasteiger partial charge in [0.25, 0.3) is 11.5 Å². The Hall–Kier alpha value is -3.68. The van der Waals surface area contributed by atoms with E-state index in [1.165, 1.54) is 10.9 Å². The normalized spacial score (nSPS) is 11.1. The molecule has 31 heavy (non-hydrogen) atoms. The van der Waals surface area contributed by atoms with Crippen molar-refractivity contribution in [3.8, 4) is 11.5 Å². The van der Waals surface area contributed by atoms with Gasteiger partial charge in [0.15, 0.2) is 17.2 Å². The molecule has 8 nitrogen and oxygen atoms in total. The van der Waals surface area contributed by atoms with E-state index in [1.807, 2.05) is 13.8 Å². The predicted molar refractivity (Wildman–Crippen MR) is 120 cm³/mol. The summed E-state index contributed by atoms with van der Waals surface area (Å²) in [7, 11) is 1.57. The fraction of sp³-hybridized carbons (Fsp3) is 0.304. The average molecular weight is 422 g/mol. The third-order valence-electron chi connectivity index (χ3n) is 4.67. The predicted octanol–water partition coefficient (Wildman–Crippen LogP) is 3.37. The fourth-order valence-electron chi connectivity index (χ4n) is 3.12. The Morgan fingerprint density at radius 3 is 2.65 bits per heavy atom. The van der Waals surface area contributed by atoms with Crippen molar-refractivity contribution in [2.75, 3.05) is 13.7 Å². The van der Waals surface area contributed by atoms with E-state index >= 15 is 0 Å². The van der Waals surface area contributed by atoms with Gasteiger partial charge >= 0.3 is 0 Å². The molecule has 0 saturated heterocycles. The minimum Gasteiger partial charge on any atom is -0.493 e. The van der Waals surface area contributed by atoms with Crippen molar-refractivity contribution in [2.24, 2.45) is 5.10 Å². The van der Waals surface area contributed by atoms with Gasteiger partial charge in [0.2, 0.25) is 0 Å². The van der Waals surface area contributed by atoms with E-state index in [4.69, 9.17) is 9.47 Å². The van der Waals surface area contributed by atoms with Gasteiger partial charge in [0.05, 0.1) is 25.3 Å². The number of fused-ring (bicyclic) bond motifs is 1. The highest BCUT2D eigenvalue weighted by atomic mass is 16.5. The van der Waals surface area contributed by atoms with Gasteiger partial charge in [0.1, 0.15) is 0 Å². The van der Waals surface area contributed by atoms with Gasteiger partial charge in [-0.2, -0.15) is 10.2 Å². The van der Waals surface area contributed by atoms with Crippen LogP contribution in [0.1, 0.15) is 42.7 Å². The molecule has 0 saturated carbocycles. The number of methoxy groups -OCH3 is 1. The average Bonchev–Trinajstić information content (AvgIpc) is 2.79. The smallest absolute Gasteiger partial charge is 0.292 e. The summed E-state index contributed by atoms with van der Waals surface area (Å²) in [6, 6.07) is 12.3. The maximum absolute atomic E-state index is 12.8. The topological polar surface area (TPSA) is 94.8 Å². The Morgan fingerprint density at radius 2 is 1.94 bits per heavy atom. The number of carbonyl (C=O) groups is 1. The van der Waals surface area contributed by atoms with Gasteiger partial charge in [-0.15, -0.1) is 0 Å². The lowest BCUT2D eigenvalue weighted by Crippen LogP contribution is -2.29. The number of amides is 1. The van der Waals surface area contributed by atoms with Gasteiger partial charge in [-0.25, -0.2) is 10.1 Å². The van der Waals surface area contributed by atoms with E-state index in [0.29, 0.717) is 35.4 Å². The molecule has 2 aromatic carbocycles.